The SMILES string of the molecule is COc1c(Cl)cncc1CC(=O)c1cc(-c2ccnc(CO)c2)ncn1. The zero-order valence-corrected chi connectivity index (χ0v) is 14.6. The molecule has 8 heteroatoms. The molecule has 0 aliphatic heterocycles. The molecule has 0 atom stereocenters. The number of carbonyl (C=O) groups is 1. The van der Waals surface area contributed by atoms with Gasteiger partial charge in [-0.3, -0.25) is 14.8 Å². The molecule has 132 valence electrons. The van der Waals surface area contributed by atoms with Crippen LogP contribution in [0.25, 0.3) is 11.3 Å². The van der Waals surface area contributed by atoms with Gasteiger partial charge in [-0.15, -0.1) is 0 Å². The van der Waals surface area contributed by atoms with Crippen molar-refractivity contribution in [3.8, 4) is 17.0 Å². The van der Waals surface area contributed by atoms with Gasteiger partial charge in [0.15, 0.2) is 5.78 Å². The molecule has 3 rings (SSSR count). The van der Waals surface area contributed by atoms with E-state index in [-0.39, 0.29) is 24.5 Å². The normalized spacial score (nSPS) is 10.6. The molecule has 0 radical (unpaired) electrons. The standard InChI is InChI=1S/C18H15ClN4O3/c1-26-18-12(7-20-8-14(18)19)5-17(25)16-6-15(22-10-23-16)11-2-3-21-13(4-11)9-24/h2-4,6-8,10,24H,5,9H2,1H3. The number of aromatic nitrogens is 4. The number of methoxy groups -OCH3 is 1. The van der Waals surface area contributed by atoms with Crippen LogP contribution in [0.15, 0.2) is 43.1 Å². The predicted molar refractivity (Wildman–Crippen MR) is 95.0 cm³/mol. The highest BCUT2D eigenvalue weighted by atomic mass is 35.5. The van der Waals surface area contributed by atoms with Crippen LogP contribution >= 0.6 is 11.6 Å². The molecule has 26 heavy (non-hydrogen) atoms. The topological polar surface area (TPSA) is 98.1 Å². The first kappa shape index (κ1) is 17.9. The molecule has 0 bridgehead atoms. The summed E-state index contributed by atoms with van der Waals surface area (Å²) in [7, 11) is 1.49. The molecular weight excluding hydrogens is 356 g/mol. The summed E-state index contributed by atoms with van der Waals surface area (Å²) in [5.74, 6) is 0.207. The molecular formula is C18H15ClN4O3. The number of ketones is 1. The first-order valence-corrected chi connectivity index (χ1v) is 8.08. The molecule has 0 amide bonds. The Morgan fingerprint density at radius 1 is 1.23 bits per heavy atom. The number of hydrogen-bond donors (Lipinski definition) is 1. The van der Waals surface area contributed by atoms with E-state index < -0.39 is 0 Å². The quantitative estimate of drug-likeness (QED) is 0.665. The molecule has 7 nitrogen and oxygen atoms in total. The molecule has 0 unspecified atom stereocenters. The van der Waals surface area contributed by atoms with Gasteiger partial charge in [-0.1, -0.05) is 11.6 Å². The summed E-state index contributed by atoms with van der Waals surface area (Å²) in [5, 5.41) is 9.55. The van der Waals surface area contributed by atoms with Gasteiger partial charge in [-0.2, -0.15) is 0 Å². The highest BCUT2D eigenvalue weighted by Gasteiger charge is 2.16. The van der Waals surface area contributed by atoms with Crippen LogP contribution in [0.5, 0.6) is 5.75 Å². The van der Waals surface area contributed by atoms with E-state index in [1.807, 2.05) is 0 Å². The number of pyridine rings is 2. The van der Waals surface area contributed by atoms with Gasteiger partial charge in [0.25, 0.3) is 0 Å². The van der Waals surface area contributed by atoms with Crippen molar-refractivity contribution in [2.75, 3.05) is 7.11 Å². The van der Waals surface area contributed by atoms with Crippen LogP contribution in [0.1, 0.15) is 21.7 Å². The summed E-state index contributed by atoms with van der Waals surface area (Å²) in [6.07, 6.45) is 5.95. The van der Waals surface area contributed by atoms with Crippen LogP contribution in [0, 0.1) is 0 Å². The fourth-order valence-electron chi connectivity index (χ4n) is 2.47. The number of halogens is 1. The van der Waals surface area contributed by atoms with E-state index in [1.54, 1.807) is 30.6 Å². The average Bonchev–Trinajstić information content (AvgIpc) is 2.68. The highest BCUT2D eigenvalue weighted by molar-refractivity contribution is 6.32. The van der Waals surface area contributed by atoms with Gasteiger partial charge in [-0.05, 0) is 18.2 Å². The van der Waals surface area contributed by atoms with Gasteiger partial charge >= 0.3 is 0 Å². The van der Waals surface area contributed by atoms with Gasteiger partial charge in [0.1, 0.15) is 22.8 Å². The lowest BCUT2D eigenvalue weighted by Crippen LogP contribution is -2.08. The van der Waals surface area contributed by atoms with Crippen molar-refractivity contribution >= 4 is 17.4 Å². The molecule has 0 spiro atoms. The number of carbonyl (C=O) groups excluding carboxylic acids is 1. The van der Waals surface area contributed by atoms with Gasteiger partial charge < -0.3 is 9.84 Å². The zero-order chi connectivity index (χ0) is 18.5. The van der Waals surface area contributed by atoms with Gasteiger partial charge in [0.05, 0.1) is 25.1 Å². The van der Waals surface area contributed by atoms with Gasteiger partial charge in [0.2, 0.25) is 0 Å². The third-order valence-electron chi connectivity index (χ3n) is 3.71. The minimum Gasteiger partial charge on any atom is -0.495 e. The van der Waals surface area contributed by atoms with E-state index in [0.717, 1.165) is 5.56 Å². The van der Waals surface area contributed by atoms with Crippen LogP contribution in [-0.4, -0.2) is 37.9 Å². The first-order chi connectivity index (χ1) is 12.6. The lowest BCUT2D eigenvalue weighted by atomic mass is 10.1. The monoisotopic (exact) mass is 370 g/mol. The van der Waals surface area contributed by atoms with Crippen molar-refractivity contribution < 1.29 is 14.6 Å². The van der Waals surface area contributed by atoms with Crippen molar-refractivity contribution in [1.29, 1.82) is 0 Å². The minimum absolute atomic E-state index is 0.0470. The maximum Gasteiger partial charge on any atom is 0.185 e. The fourth-order valence-corrected chi connectivity index (χ4v) is 2.73. The molecule has 0 aliphatic rings. The number of rotatable bonds is 6. The first-order valence-electron chi connectivity index (χ1n) is 7.70. The molecule has 1 N–H and O–H groups in total. The lowest BCUT2D eigenvalue weighted by molar-refractivity contribution is 0.0987. The summed E-state index contributed by atoms with van der Waals surface area (Å²) < 4.78 is 5.24. The Bertz CT molecular complexity index is 949. The number of nitrogens with zero attached hydrogens (tertiary/aromatic N) is 4. The smallest absolute Gasteiger partial charge is 0.185 e. The second kappa shape index (κ2) is 7.99. The second-order valence-electron chi connectivity index (χ2n) is 5.40. The van der Waals surface area contributed by atoms with Crippen LogP contribution in [0.4, 0.5) is 0 Å². The summed E-state index contributed by atoms with van der Waals surface area (Å²) in [5.41, 5.74) is 2.67. The van der Waals surface area contributed by atoms with E-state index in [1.165, 1.54) is 19.6 Å². The van der Waals surface area contributed by atoms with E-state index in [4.69, 9.17) is 16.3 Å². The van der Waals surface area contributed by atoms with E-state index in [2.05, 4.69) is 19.9 Å². The molecule has 3 heterocycles. The summed E-state index contributed by atoms with van der Waals surface area (Å²) in [4.78, 5) is 28.9. The van der Waals surface area contributed by atoms with Gasteiger partial charge in [0, 0.05) is 36.1 Å². The van der Waals surface area contributed by atoms with Crippen LogP contribution in [0.2, 0.25) is 5.02 Å². The van der Waals surface area contributed by atoms with Crippen LogP contribution in [0.3, 0.4) is 0 Å². The van der Waals surface area contributed by atoms with Crippen molar-refractivity contribution in [3.63, 3.8) is 0 Å². The Balaban J connectivity index is 1.88. The van der Waals surface area contributed by atoms with Crippen LogP contribution < -0.4 is 4.74 Å². The number of ether oxygens (including phenoxy) is 1. The molecule has 0 fully saturated rings. The van der Waals surface area contributed by atoms with E-state index in [0.29, 0.717) is 27.7 Å². The Morgan fingerprint density at radius 2 is 2.08 bits per heavy atom. The van der Waals surface area contributed by atoms with Crippen molar-refractivity contribution in [2.45, 2.75) is 13.0 Å². The summed E-state index contributed by atoms with van der Waals surface area (Å²) >= 11 is 6.04. The molecule has 0 aromatic carbocycles. The highest BCUT2D eigenvalue weighted by Crippen LogP contribution is 2.28. The average molecular weight is 371 g/mol. The second-order valence-corrected chi connectivity index (χ2v) is 5.80. The molecule has 0 aliphatic carbocycles. The van der Waals surface area contributed by atoms with Crippen molar-refractivity contribution in [3.05, 3.63) is 65.1 Å². The number of aliphatic hydroxyl groups excluding tert-OH is 1. The largest absolute Gasteiger partial charge is 0.495 e. The predicted octanol–water partition coefficient (Wildman–Crippen LogP) is 2.51. The fraction of sp³-hybridized carbons (Fsp3) is 0.167. The van der Waals surface area contributed by atoms with E-state index in [9.17, 15) is 9.90 Å². The summed E-state index contributed by atoms with van der Waals surface area (Å²) in [6.45, 7) is -0.174. The Morgan fingerprint density at radius 3 is 2.85 bits per heavy atom. The minimum atomic E-state index is -0.215. The Hall–Kier alpha value is -2.90. The maximum atomic E-state index is 12.6. The third kappa shape index (κ3) is 3.84. The van der Waals surface area contributed by atoms with Crippen molar-refractivity contribution in [1.82, 2.24) is 19.9 Å². The number of aliphatic hydroxyl groups is 1. The van der Waals surface area contributed by atoms with Crippen LogP contribution in [-0.2, 0) is 13.0 Å². The Labute approximate surface area is 154 Å². The molecule has 3 aromatic heterocycles. The van der Waals surface area contributed by atoms with Crippen molar-refractivity contribution in [2.24, 2.45) is 0 Å². The molecule has 0 saturated heterocycles. The third-order valence-corrected chi connectivity index (χ3v) is 3.98. The summed E-state index contributed by atoms with van der Waals surface area (Å²) in [6, 6.07) is 5.06. The van der Waals surface area contributed by atoms with Gasteiger partial charge in [-0.25, -0.2) is 9.97 Å². The zero-order valence-electron chi connectivity index (χ0n) is 13.9. The van der Waals surface area contributed by atoms with E-state index >= 15 is 0 Å². The molecule has 0 saturated carbocycles. The number of Topliss-reactive ketones (excluding diaryl/α,β-unsaturated/α-hetero) is 1. The number of hydrogen-bond acceptors (Lipinski definition) is 7. The maximum absolute atomic E-state index is 12.6. The molecule has 3 aromatic rings. The Kier molecular flexibility index (Phi) is 5.50. The lowest BCUT2D eigenvalue weighted by Gasteiger charge is -2.09.